The molecule has 0 radical (unpaired) electrons. The molecule has 0 aliphatic carbocycles. The van der Waals surface area contributed by atoms with Crippen molar-refractivity contribution in [3.05, 3.63) is 57.6 Å². The average molecular weight is 490 g/mol. The van der Waals surface area contributed by atoms with Crippen LogP contribution in [0.4, 0.5) is 16.5 Å². The molecule has 0 fully saturated rings. The number of hydrogen-bond donors (Lipinski definition) is 2. The number of nitro groups is 1. The summed E-state index contributed by atoms with van der Waals surface area (Å²) in [7, 11) is 2.69. The highest BCUT2D eigenvalue weighted by molar-refractivity contribution is 8.01. The predicted octanol–water partition coefficient (Wildman–Crippen LogP) is 3.76. The summed E-state index contributed by atoms with van der Waals surface area (Å²) in [5.41, 5.74) is 1.05. The zero-order valence-corrected chi connectivity index (χ0v) is 19.4. The zero-order valence-electron chi connectivity index (χ0n) is 17.8. The number of ether oxygens (including phenoxy) is 2. The largest absolute Gasteiger partial charge is 0.493 e. The minimum atomic E-state index is -0.757. The molecule has 3 rings (SSSR count). The van der Waals surface area contributed by atoms with Crippen LogP contribution in [0.5, 0.6) is 11.5 Å². The first kappa shape index (κ1) is 23.9. The molecule has 2 aromatic carbocycles. The first-order valence-electron chi connectivity index (χ1n) is 9.35. The maximum absolute atomic E-state index is 12.7. The Morgan fingerprint density at radius 3 is 2.52 bits per heavy atom. The van der Waals surface area contributed by atoms with Gasteiger partial charge in [-0.15, -0.1) is 10.2 Å². The summed E-state index contributed by atoms with van der Waals surface area (Å²) in [6, 6.07) is 9.76. The molecule has 11 nitrogen and oxygen atoms in total. The van der Waals surface area contributed by atoms with Crippen LogP contribution in [0.1, 0.15) is 15.9 Å². The predicted molar refractivity (Wildman–Crippen MR) is 125 cm³/mol. The van der Waals surface area contributed by atoms with Crippen molar-refractivity contribution >= 4 is 51.4 Å². The molecule has 2 amide bonds. The van der Waals surface area contributed by atoms with Gasteiger partial charge in [-0.1, -0.05) is 35.2 Å². The molecule has 0 saturated carbocycles. The van der Waals surface area contributed by atoms with Gasteiger partial charge in [0.15, 0.2) is 15.8 Å². The number of nitrogens with one attached hydrogen (secondary N) is 2. The Morgan fingerprint density at radius 1 is 1.12 bits per heavy atom. The van der Waals surface area contributed by atoms with Crippen molar-refractivity contribution in [2.24, 2.45) is 0 Å². The van der Waals surface area contributed by atoms with Gasteiger partial charge in [-0.25, -0.2) is 0 Å². The highest BCUT2D eigenvalue weighted by Gasteiger charge is 2.25. The molecule has 2 N–H and O–H groups in total. The van der Waals surface area contributed by atoms with Crippen LogP contribution in [-0.2, 0) is 4.79 Å². The van der Waals surface area contributed by atoms with E-state index in [1.165, 1.54) is 20.3 Å². The topological polar surface area (TPSA) is 146 Å². The Bertz CT molecular complexity index is 1200. The minimum Gasteiger partial charge on any atom is -0.493 e. The molecule has 0 saturated heterocycles. The summed E-state index contributed by atoms with van der Waals surface area (Å²) < 4.78 is 10.6. The van der Waals surface area contributed by atoms with Crippen molar-refractivity contribution in [1.29, 1.82) is 0 Å². The molecule has 0 atom stereocenters. The number of aromatic nitrogens is 2. The molecule has 0 aliphatic rings. The third-order valence-corrected chi connectivity index (χ3v) is 6.17. The van der Waals surface area contributed by atoms with Crippen molar-refractivity contribution in [3.63, 3.8) is 0 Å². The van der Waals surface area contributed by atoms with Crippen LogP contribution in [0.3, 0.4) is 0 Å². The van der Waals surface area contributed by atoms with E-state index in [9.17, 15) is 19.7 Å². The number of hydrogen-bond acceptors (Lipinski definition) is 10. The van der Waals surface area contributed by atoms with Crippen molar-refractivity contribution in [2.75, 3.05) is 30.6 Å². The van der Waals surface area contributed by atoms with Gasteiger partial charge in [-0.05, 0) is 24.6 Å². The first-order chi connectivity index (χ1) is 15.8. The lowest BCUT2D eigenvalue weighted by Gasteiger charge is -2.10. The number of amides is 2. The molecular formula is C20H19N5O6S2. The molecule has 172 valence electrons. The lowest BCUT2D eigenvalue weighted by Crippen LogP contribution is -2.14. The third-order valence-electron chi connectivity index (χ3n) is 4.20. The second-order valence-electron chi connectivity index (χ2n) is 6.52. The van der Waals surface area contributed by atoms with E-state index in [1.54, 1.807) is 6.07 Å². The number of thioether (sulfide) groups is 1. The van der Waals surface area contributed by atoms with E-state index in [-0.39, 0.29) is 33.9 Å². The Morgan fingerprint density at radius 2 is 1.85 bits per heavy atom. The molecule has 1 heterocycles. The molecule has 1 aromatic heterocycles. The molecule has 0 spiro atoms. The van der Waals surface area contributed by atoms with E-state index in [2.05, 4.69) is 20.8 Å². The molecule has 0 bridgehead atoms. The number of nitrogens with zero attached hydrogens (tertiary/aromatic N) is 3. The first-order valence-corrected chi connectivity index (χ1v) is 11.2. The van der Waals surface area contributed by atoms with Crippen molar-refractivity contribution in [2.45, 2.75) is 11.3 Å². The van der Waals surface area contributed by atoms with E-state index < -0.39 is 16.5 Å². The smallest absolute Gasteiger partial charge is 0.286 e. The monoisotopic (exact) mass is 489 g/mol. The highest BCUT2D eigenvalue weighted by Crippen LogP contribution is 2.35. The molecule has 0 aliphatic heterocycles. The number of nitro benzene ring substituents is 1. The van der Waals surface area contributed by atoms with Crippen LogP contribution >= 0.6 is 23.1 Å². The summed E-state index contributed by atoms with van der Waals surface area (Å²) in [5, 5.41) is 24.6. The summed E-state index contributed by atoms with van der Waals surface area (Å²) >= 11 is 2.19. The van der Waals surface area contributed by atoms with E-state index in [0.717, 1.165) is 34.7 Å². The van der Waals surface area contributed by atoms with E-state index in [4.69, 9.17) is 9.47 Å². The molecule has 0 unspecified atom stereocenters. The highest BCUT2D eigenvalue weighted by atomic mass is 32.2. The molecular weight excluding hydrogens is 470 g/mol. The maximum Gasteiger partial charge on any atom is 0.286 e. The van der Waals surface area contributed by atoms with Crippen molar-refractivity contribution < 1.29 is 24.0 Å². The van der Waals surface area contributed by atoms with Gasteiger partial charge < -0.3 is 14.8 Å². The average Bonchev–Trinajstić information content (AvgIpc) is 3.23. The van der Waals surface area contributed by atoms with Crippen LogP contribution in [-0.4, -0.2) is 46.9 Å². The fourth-order valence-corrected chi connectivity index (χ4v) is 4.28. The van der Waals surface area contributed by atoms with E-state index in [1.807, 2.05) is 25.1 Å². The lowest BCUT2D eigenvalue weighted by molar-refractivity contribution is -0.385. The van der Waals surface area contributed by atoms with Gasteiger partial charge in [0.25, 0.3) is 11.6 Å². The number of aryl methyl sites for hydroxylation is 1. The van der Waals surface area contributed by atoms with Crippen LogP contribution < -0.4 is 20.1 Å². The van der Waals surface area contributed by atoms with Gasteiger partial charge in [-0.2, -0.15) is 0 Å². The van der Waals surface area contributed by atoms with Crippen LogP contribution in [0.15, 0.2) is 40.7 Å². The Kier molecular flexibility index (Phi) is 7.79. The second-order valence-corrected chi connectivity index (χ2v) is 8.72. The van der Waals surface area contributed by atoms with Gasteiger partial charge in [-0.3, -0.25) is 25.0 Å². The summed E-state index contributed by atoms with van der Waals surface area (Å²) in [6.07, 6.45) is 0. The fraction of sp³-hybridized carbons (Fsp3) is 0.200. The van der Waals surface area contributed by atoms with Gasteiger partial charge in [0.05, 0.1) is 31.0 Å². The quantitative estimate of drug-likeness (QED) is 0.198. The van der Waals surface area contributed by atoms with Crippen LogP contribution in [0, 0.1) is 17.0 Å². The van der Waals surface area contributed by atoms with Crippen LogP contribution in [0.2, 0.25) is 0 Å². The standard InChI is InChI=1S/C20H19N5O6S2/c1-11-5-4-6-12(7-11)21-17(26)10-32-20-24-23-19(33-20)22-18(27)13-8-15(30-2)16(31-3)9-14(13)25(28)29/h4-9H,10H2,1-3H3,(H,21,26)(H,22,23,27). The summed E-state index contributed by atoms with van der Waals surface area (Å²) in [6.45, 7) is 1.93. The number of carbonyl (C=O) groups is 2. The Hall–Kier alpha value is -3.71. The van der Waals surface area contributed by atoms with E-state index in [0.29, 0.717) is 10.0 Å². The zero-order chi connectivity index (χ0) is 24.0. The van der Waals surface area contributed by atoms with Crippen LogP contribution in [0.25, 0.3) is 0 Å². The maximum atomic E-state index is 12.7. The normalized spacial score (nSPS) is 10.4. The lowest BCUT2D eigenvalue weighted by atomic mass is 10.1. The minimum absolute atomic E-state index is 0.0949. The number of methoxy groups -OCH3 is 2. The Balaban J connectivity index is 1.65. The van der Waals surface area contributed by atoms with Gasteiger partial charge in [0.2, 0.25) is 11.0 Å². The number of anilines is 2. The van der Waals surface area contributed by atoms with Crippen molar-refractivity contribution in [3.8, 4) is 11.5 Å². The Labute approximate surface area is 196 Å². The molecule has 33 heavy (non-hydrogen) atoms. The number of rotatable bonds is 9. The SMILES string of the molecule is COc1cc(C(=O)Nc2nnc(SCC(=O)Nc3cccc(C)c3)s2)c([N+](=O)[O-])cc1OC. The van der Waals surface area contributed by atoms with Gasteiger partial charge in [0.1, 0.15) is 5.56 Å². The second kappa shape index (κ2) is 10.7. The summed E-state index contributed by atoms with van der Waals surface area (Å²) in [4.78, 5) is 35.5. The number of benzene rings is 2. The number of carbonyl (C=O) groups excluding carboxylic acids is 2. The molecule has 3 aromatic rings. The van der Waals surface area contributed by atoms with Gasteiger partial charge in [0, 0.05) is 11.8 Å². The fourth-order valence-electron chi connectivity index (χ4n) is 2.73. The van der Waals surface area contributed by atoms with E-state index >= 15 is 0 Å². The van der Waals surface area contributed by atoms with Crippen molar-refractivity contribution in [1.82, 2.24) is 10.2 Å². The molecule has 13 heteroatoms. The summed E-state index contributed by atoms with van der Waals surface area (Å²) in [5.74, 6) is -0.585. The van der Waals surface area contributed by atoms with Gasteiger partial charge >= 0.3 is 0 Å². The third kappa shape index (κ3) is 6.17.